The number of rotatable bonds is 5. The van der Waals surface area contributed by atoms with Gasteiger partial charge in [-0.25, -0.2) is 4.79 Å². The van der Waals surface area contributed by atoms with E-state index in [2.05, 4.69) is 10.2 Å². The Hall–Kier alpha value is -3.13. The Balaban J connectivity index is 1.95. The second-order valence-corrected chi connectivity index (χ2v) is 5.99. The quantitative estimate of drug-likeness (QED) is 0.685. The number of urea groups is 1. The summed E-state index contributed by atoms with van der Waals surface area (Å²) >= 11 is 1.18. The smallest absolute Gasteiger partial charge is 0.318 e. The molecule has 0 saturated heterocycles. The number of carbonyl (C=O) groups is 2. The van der Waals surface area contributed by atoms with Crippen molar-refractivity contribution in [2.45, 2.75) is 5.16 Å². The molecule has 0 bridgehead atoms. The SMILES string of the molecule is NC(=O)NC(=O)CSc1nnc(-c2ccccc2)n1-c1ccccc1. The second-order valence-electron chi connectivity index (χ2n) is 5.04. The molecule has 0 aliphatic rings. The fraction of sp³-hybridized carbons (Fsp3) is 0.0588. The molecule has 8 heteroatoms. The number of nitrogens with zero attached hydrogens (tertiary/aromatic N) is 3. The maximum absolute atomic E-state index is 11.7. The van der Waals surface area contributed by atoms with Crippen molar-refractivity contribution < 1.29 is 9.59 Å². The van der Waals surface area contributed by atoms with Crippen molar-refractivity contribution >= 4 is 23.7 Å². The Labute approximate surface area is 148 Å². The molecular formula is C17H15N5O2S. The van der Waals surface area contributed by atoms with Crippen LogP contribution in [-0.2, 0) is 4.79 Å². The number of amides is 3. The van der Waals surface area contributed by atoms with Crippen LogP contribution in [0.25, 0.3) is 17.1 Å². The number of thioether (sulfide) groups is 1. The van der Waals surface area contributed by atoms with Gasteiger partial charge in [-0.15, -0.1) is 10.2 Å². The van der Waals surface area contributed by atoms with Crippen molar-refractivity contribution in [3.8, 4) is 17.1 Å². The number of aromatic nitrogens is 3. The summed E-state index contributed by atoms with van der Waals surface area (Å²) in [4.78, 5) is 22.4. The van der Waals surface area contributed by atoms with E-state index in [-0.39, 0.29) is 5.75 Å². The predicted molar refractivity (Wildman–Crippen MR) is 95.2 cm³/mol. The van der Waals surface area contributed by atoms with Gasteiger partial charge in [-0.3, -0.25) is 14.7 Å². The molecule has 3 rings (SSSR count). The number of primary amides is 1. The molecule has 0 radical (unpaired) electrons. The summed E-state index contributed by atoms with van der Waals surface area (Å²) in [5.41, 5.74) is 6.74. The topological polar surface area (TPSA) is 103 Å². The van der Waals surface area contributed by atoms with E-state index in [9.17, 15) is 9.59 Å². The van der Waals surface area contributed by atoms with Gasteiger partial charge in [0.05, 0.1) is 5.75 Å². The molecule has 3 N–H and O–H groups in total. The average molecular weight is 353 g/mol. The van der Waals surface area contributed by atoms with Crippen LogP contribution >= 0.6 is 11.8 Å². The zero-order valence-corrected chi connectivity index (χ0v) is 13.9. The number of benzene rings is 2. The van der Waals surface area contributed by atoms with E-state index in [1.807, 2.05) is 70.5 Å². The summed E-state index contributed by atoms with van der Waals surface area (Å²) in [7, 11) is 0. The lowest BCUT2D eigenvalue weighted by atomic mass is 10.2. The minimum atomic E-state index is -0.875. The molecule has 0 spiro atoms. The van der Waals surface area contributed by atoms with Gasteiger partial charge in [0.1, 0.15) is 0 Å². The van der Waals surface area contributed by atoms with Crippen LogP contribution in [0.2, 0.25) is 0 Å². The predicted octanol–water partition coefficient (Wildman–Crippen LogP) is 2.22. The molecule has 0 saturated carbocycles. The van der Waals surface area contributed by atoms with Crippen molar-refractivity contribution in [2.75, 3.05) is 5.75 Å². The lowest BCUT2D eigenvalue weighted by Gasteiger charge is -2.10. The van der Waals surface area contributed by atoms with Crippen LogP contribution in [-0.4, -0.2) is 32.5 Å². The second kappa shape index (κ2) is 7.63. The molecular weight excluding hydrogens is 338 g/mol. The summed E-state index contributed by atoms with van der Waals surface area (Å²) in [5, 5.41) is 11.0. The molecule has 126 valence electrons. The summed E-state index contributed by atoms with van der Waals surface area (Å²) in [6.07, 6.45) is 0. The van der Waals surface area contributed by atoms with Crippen molar-refractivity contribution in [1.82, 2.24) is 20.1 Å². The molecule has 7 nitrogen and oxygen atoms in total. The van der Waals surface area contributed by atoms with Gasteiger partial charge in [0.15, 0.2) is 11.0 Å². The van der Waals surface area contributed by atoms with E-state index in [0.29, 0.717) is 11.0 Å². The normalized spacial score (nSPS) is 10.4. The van der Waals surface area contributed by atoms with Crippen LogP contribution in [0.5, 0.6) is 0 Å². The Morgan fingerprint density at radius 1 is 1.00 bits per heavy atom. The third-order valence-electron chi connectivity index (χ3n) is 3.27. The molecule has 3 aromatic rings. The number of carbonyl (C=O) groups excluding carboxylic acids is 2. The molecule has 0 atom stereocenters. The number of imide groups is 1. The third kappa shape index (κ3) is 4.04. The summed E-state index contributed by atoms with van der Waals surface area (Å²) < 4.78 is 1.87. The van der Waals surface area contributed by atoms with Gasteiger partial charge >= 0.3 is 6.03 Å². The largest absolute Gasteiger partial charge is 0.351 e. The van der Waals surface area contributed by atoms with Crippen molar-refractivity contribution in [3.63, 3.8) is 0 Å². The number of hydrogen-bond acceptors (Lipinski definition) is 5. The molecule has 0 fully saturated rings. The fourth-order valence-corrected chi connectivity index (χ4v) is 3.00. The minimum absolute atomic E-state index is 0.00268. The lowest BCUT2D eigenvalue weighted by Crippen LogP contribution is -2.36. The Morgan fingerprint density at radius 3 is 2.28 bits per heavy atom. The lowest BCUT2D eigenvalue weighted by molar-refractivity contribution is -0.117. The fourth-order valence-electron chi connectivity index (χ4n) is 2.25. The minimum Gasteiger partial charge on any atom is -0.351 e. The number of nitrogens with one attached hydrogen (secondary N) is 1. The summed E-state index contributed by atoms with van der Waals surface area (Å²) in [6.45, 7) is 0. The maximum atomic E-state index is 11.7. The molecule has 1 heterocycles. The third-order valence-corrected chi connectivity index (χ3v) is 4.20. The first-order valence-electron chi connectivity index (χ1n) is 7.43. The standard InChI is InChI=1S/C17H15N5O2S/c18-16(24)19-14(23)11-25-17-21-20-15(12-7-3-1-4-8-12)22(17)13-9-5-2-6-10-13/h1-10H,11H2,(H3,18,19,23,24). The van der Waals surface area contributed by atoms with Gasteiger partial charge in [0.25, 0.3) is 0 Å². The van der Waals surface area contributed by atoms with Crippen LogP contribution in [0.1, 0.15) is 0 Å². The van der Waals surface area contributed by atoms with Crippen LogP contribution in [0, 0.1) is 0 Å². The molecule has 25 heavy (non-hydrogen) atoms. The van der Waals surface area contributed by atoms with Gasteiger partial charge in [-0.1, -0.05) is 60.3 Å². The van der Waals surface area contributed by atoms with E-state index in [4.69, 9.17) is 5.73 Å². The van der Waals surface area contributed by atoms with E-state index >= 15 is 0 Å². The molecule has 1 aromatic heterocycles. The first kappa shape index (κ1) is 16.7. The first-order valence-corrected chi connectivity index (χ1v) is 8.42. The van der Waals surface area contributed by atoms with E-state index in [1.54, 1.807) is 0 Å². The summed E-state index contributed by atoms with van der Waals surface area (Å²) in [5.74, 6) is 0.189. The highest BCUT2D eigenvalue weighted by atomic mass is 32.2. The van der Waals surface area contributed by atoms with Crippen LogP contribution < -0.4 is 11.1 Å². The molecule has 0 aliphatic heterocycles. The zero-order valence-electron chi connectivity index (χ0n) is 13.1. The Bertz CT molecular complexity index is 881. The van der Waals surface area contributed by atoms with Crippen LogP contribution in [0.3, 0.4) is 0 Å². The van der Waals surface area contributed by atoms with Gasteiger partial charge in [0.2, 0.25) is 5.91 Å². The number of hydrogen-bond donors (Lipinski definition) is 2. The van der Waals surface area contributed by atoms with Crippen molar-refractivity contribution in [2.24, 2.45) is 5.73 Å². The Morgan fingerprint density at radius 2 is 1.64 bits per heavy atom. The maximum Gasteiger partial charge on any atom is 0.318 e. The Kier molecular flexibility index (Phi) is 5.10. The molecule has 2 aromatic carbocycles. The van der Waals surface area contributed by atoms with Gasteiger partial charge in [-0.05, 0) is 12.1 Å². The highest BCUT2D eigenvalue weighted by Crippen LogP contribution is 2.27. The van der Waals surface area contributed by atoms with E-state index < -0.39 is 11.9 Å². The summed E-state index contributed by atoms with van der Waals surface area (Å²) in [6, 6.07) is 18.4. The van der Waals surface area contributed by atoms with Crippen molar-refractivity contribution in [1.29, 1.82) is 0 Å². The highest BCUT2D eigenvalue weighted by Gasteiger charge is 2.17. The van der Waals surface area contributed by atoms with Gasteiger partial charge < -0.3 is 5.73 Å². The van der Waals surface area contributed by atoms with Gasteiger partial charge in [-0.2, -0.15) is 0 Å². The van der Waals surface area contributed by atoms with E-state index in [1.165, 1.54) is 11.8 Å². The zero-order chi connectivity index (χ0) is 17.6. The average Bonchev–Trinajstić information content (AvgIpc) is 3.05. The van der Waals surface area contributed by atoms with E-state index in [0.717, 1.165) is 11.3 Å². The monoisotopic (exact) mass is 353 g/mol. The molecule has 3 amide bonds. The van der Waals surface area contributed by atoms with Crippen molar-refractivity contribution in [3.05, 3.63) is 60.7 Å². The molecule has 0 aliphatic carbocycles. The highest BCUT2D eigenvalue weighted by molar-refractivity contribution is 7.99. The molecule has 0 unspecified atom stereocenters. The van der Waals surface area contributed by atoms with Crippen LogP contribution in [0.4, 0.5) is 4.79 Å². The number of para-hydroxylation sites is 1. The number of nitrogens with two attached hydrogens (primary N) is 1. The van der Waals surface area contributed by atoms with Gasteiger partial charge in [0, 0.05) is 11.3 Å². The van der Waals surface area contributed by atoms with Crippen LogP contribution in [0.15, 0.2) is 65.8 Å². The first-order chi connectivity index (χ1) is 12.1.